The van der Waals surface area contributed by atoms with Crippen LogP contribution in [-0.2, 0) is 4.79 Å². The molecule has 0 bridgehead atoms. The Balaban J connectivity index is 1.97. The molecule has 0 saturated carbocycles. The lowest BCUT2D eigenvalue weighted by Gasteiger charge is -2.23. The highest BCUT2D eigenvalue weighted by Gasteiger charge is 2.26. The van der Waals surface area contributed by atoms with E-state index in [2.05, 4.69) is 11.0 Å². The molecule has 1 fully saturated rings. The Morgan fingerprint density at radius 1 is 1.53 bits per heavy atom. The molecule has 1 heterocycles. The van der Waals surface area contributed by atoms with Crippen LogP contribution in [0.2, 0.25) is 0 Å². The zero-order valence-corrected chi connectivity index (χ0v) is 10.9. The van der Waals surface area contributed by atoms with E-state index in [-0.39, 0.29) is 12.6 Å². The van der Waals surface area contributed by atoms with Gasteiger partial charge in [0, 0.05) is 24.8 Å². The minimum atomic E-state index is -0.792. The van der Waals surface area contributed by atoms with Crippen molar-refractivity contribution in [3.63, 3.8) is 0 Å². The summed E-state index contributed by atoms with van der Waals surface area (Å²) in [6, 6.07) is 9.87. The van der Waals surface area contributed by atoms with Gasteiger partial charge in [-0.15, -0.1) is 0 Å². The van der Waals surface area contributed by atoms with Gasteiger partial charge in [0.15, 0.2) is 0 Å². The Hall–Kier alpha value is -2.06. The summed E-state index contributed by atoms with van der Waals surface area (Å²) in [5, 5.41) is 17.6. The van der Waals surface area contributed by atoms with Crippen molar-refractivity contribution in [1.29, 1.82) is 5.26 Å². The van der Waals surface area contributed by atoms with Gasteiger partial charge in [0.05, 0.1) is 18.2 Å². The summed E-state index contributed by atoms with van der Waals surface area (Å²) >= 11 is 0. The fourth-order valence-electron chi connectivity index (χ4n) is 2.43. The lowest BCUT2D eigenvalue weighted by molar-refractivity contribution is -0.138. The number of benzene rings is 1. The van der Waals surface area contributed by atoms with Gasteiger partial charge >= 0.3 is 5.97 Å². The number of rotatable bonds is 4. The van der Waals surface area contributed by atoms with Crippen LogP contribution < -0.4 is 4.90 Å². The van der Waals surface area contributed by atoms with E-state index in [1.54, 1.807) is 0 Å². The first kappa shape index (κ1) is 13.4. The minimum absolute atomic E-state index is 0.0753. The predicted octanol–water partition coefficient (Wildman–Crippen LogP) is 1.15. The van der Waals surface area contributed by atoms with Crippen molar-refractivity contribution in [3.05, 3.63) is 29.8 Å². The molecule has 1 aliphatic rings. The molecule has 100 valence electrons. The van der Waals surface area contributed by atoms with Crippen LogP contribution in [0.5, 0.6) is 0 Å². The highest BCUT2D eigenvalue weighted by Crippen LogP contribution is 2.22. The van der Waals surface area contributed by atoms with Gasteiger partial charge in [0.25, 0.3) is 0 Å². The van der Waals surface area contributed by atoms with Gasteiger partial charge in [-0.25, -0.2) is 0 Å². The normalized spacial score (nSPS) is 18.6. The van der Waals surface area contributed by atoms with Crippen molar-refractivity contribution in [1.82, 2.24) is 4.90 Å². The van der Waals surface area contributed by atoms with Gasteiger partial charge in [-0.2, -0.15) is 5.26 Å². The Bertz CT molecular complexity index is 492. The SMILES string of the molecule is CN(CC(=O)O)C1CCN(c2ccc(C#N)cc2)C1. The van der Waals surface area contributed by atoms with Gasteiger partial charge in [-0.3, -0.25) is 9.69 Å². The molecule has 0 aliphatic carbocycles. The summed E-state index contributed by atoms with van der Waals surface area (Å²) in [6.45, 7) is 1.82. The third-order valence-corrected chi connectivity index (χ3v) is 3.53. The van der Waals surface area contributed by atoms with Gasteiger partial charge in [-0.05, 0) is 37.7 Å². The monoisotopic (exact) mass is 259 g/mol. The van der Waals surface area contributed by atoms with Crippen molar-refractivity contribution < 1.29 is 9.90 Å². The van der Waals surface area contributed by atoms with Crippen molar-refractivity contribution in [2.75, 3.05) is 31.6 Å². The van der Waals surface area contributed by atoms with Gasteiger partial charge < -0.3 is 10.0 Å². The molecule has 1 aromatic rings. The maximum atomic E-state index is 10.7. The highest BCUT2D eigenvalue weighted by atomic mass is 16.4. The second kappa shape index (κ2) is 5.72. The Morgan fingerprint density at radius 2 is 2.21 bits per heavy atom. The maximum Gasteiger partial charge on any atom is 0.317 e. The smallest absolute Gasteiger partial charge is 0.317 e. The number of likely N-dealkylation sites (N-methyl/N-ethyl adjacent to an activating group) is 1. The summed E-state index contributed by atoms with van der Waals surface area (Å²) in [4.78, 5) is 14.8. The number of hydrogen-bond donors (Lipinski definition) is 1. The van der Waals surface area contributed by atoms with Crippen LogP contribution in [0.15, 0.2) is 24.3 Å². The van der Waals surface area contributed by atoms with Gasteiger partial charge in [0.1, 0.15) is 0 Å². The summed E-state index contributed by atoms with van der Waals surface area (Å²) in [5.41, 5.74) is 1.74. The summed E-state index contributed by atoms with van der Waals surface area (Å²) < 4.78 is 0. The first-order valence-electron chi connectivity index (χ1n) is 6.27. The first-order valence-corrected chi connectivity index (χ1v) is 6.27. The molecule has 1 aliphatic heterocycles. The average Bonchev–Trinajstić information content (AvgIpc) is 2.88. The number of nitrogens with zero attached hydrogens (tertiary/aromatic N) is 3. The Kier molecular flexibility index (Phi) is 4.03. The second-order valence-electron chi connectivity index (χ2n) is 4.86. The van der Waals surface area contributed by atoms with Crippen LogP contribution in [0.1, 0.15) is 12.0 Å². The van der Waals surface area contributed by atoms with Crippen LogP contribution in [0.25, 0.3) is 0 Å². The van der Waals surface area contributed by atoms with E-state index >= 15 is 0 Å². The van der Waals surface area contributed by atoms with Crippen molar-refractivity contribution >= 4 is 11.7 Å². The van der Waals surface area contributed by atoms with Crippen molar-refractivity contribution in [3.8, 4) is 6.07 Å². The summed E-state index contributed by atoms with van der Waals surface area (Å²) in [5.74, 6) is -0.792. The van der Waals surface area contributed by atoms with Crippen LogP contribution in [0.3, 0.4) is 0 Å². The zero-order chi connectivity index (χ0) is 13.8. The molecule has 0 spiro atoms. The molecule has 1 atom stereocenters. The molecule has 0 radical (unpaired) electrons. The molecule has 0 aromatic heterocycles. The van der Waals surface area contributed by atoms with E-state index in [1.807, 2.05) is 36.2 Å². The number of carbonyl (C=O) groups is 1. The average molecular weight is 259 g/mol. The second-order valence-corrected chi connectivity index (χ2v) is 4.86. The number of aliphatic carboxylic acids is 1. The first-order chi connectivity index (χ1) is 9.10. The number of anilines is 1. The van der Waals surface area contributed by atoms with Crippen molar-refractivity contribution in [2.24, 2.45) is 0 Å². The Labute approximate surface area is 112 Å². The fourth-order valence-corrected chi connectivity index (χ4v) is 2.43. The minimum Gasteiger partial charge on any atom is -0.480 e. The van der Waals surface area contributed by atoms with E-state index in [0.29, 0.717) is 5.56 Å². The van der Waals surface area contributed by atoms with Gasteiger partial charge in [0.2, 0.25) is 0 Å². The quantitative estimate of drug-likeness (QED) is 0.878. The third kappa shape index (κ3) is 3.24. The van der Waals surface area contributed by atoms with E-state index in [1.165, 1.54) is 0 Å². The molecule has 1 unspecified atom stereocenters. The van der Waals surface area contributed by atoms with Crippen LogP contribution in [0, 0.1) is 11.3 Å². The zero-order valence-electron chi connectivity index (χ0n) is 10.9. The summed E-state index contributed by atoms with van der Waals surface area (Å²) in [7, 11) is 1.85. The highest BCUT2D eigenvalue weighted by molar-refractivity contribution is 5.69. The molecular weight excluding hydrogens is 242 g/mol. The summed E-state index contributed by atoms with van der Waals surface area (Å²) in [6.07, 6.45) is 0.962. The van der Waals surface area contributed by atoms with Crippen molar-refractivity contribution in [2.45, 2.75) is 12.5 Å². The molecule has 1 saturated heterocycles. The van der Waals surface area contributed by atoms with Crippen LogP contribution in [-0.4, -0.2) is 48.7 Å². The number of nitriles is 1. The molecular formula is C14H17N3O2. The van der Waals surface area contributed by atoms with E-state index in [9.17, 15) is 4.79 Å². The molecule has 1 N–H and O–H groups in total. The molecule has 5 nitrogen and oxygen atoms in total. The lowest BCUT2D eigenvalue weighted by atomic mass is 10.2. The molecule has 0 amide bonds. The number of hydrogen-bond acceptors (Lipinski definition) is 4. The van der Waals surface area contributed by atoms with E-state index in [0.717, 1.165) is 25.2 Å². The topological polar surface area (TPSA) is 67.6 Å². The maximum absolute atomic E-state index is 10.7. The van der Waals surface area contributed by atoms with Crippen LogP contribution >= 0.6 is 0 Å². The van der Waals surface area contributed by atoms with E-state index < -0.39 is 5.97 Å². The predicted molar refractivity (Wildman–Crippen MR) is 72.0 cm³/mol. The largest absolute Gasteiger partial charge is 0.480 e. The number of carboxylic acids is 1. The van der Waals surface area contributed by atoms with E-state index in [4.69, 9.17) is 10.4 Å². The molecule has 5 heteroatoms. The lowest BCUT2D eigenvalue weighted by Crippen LogP contribution is -2.37. The molecule has 2 rings (SSSR count). The fraction of sp³-hybridized carbons (Fsp3) is 0.429. The number of carboxylic acid groups (broad SMARTS) is 1. The Morgan fingerprint density at radius 3 is 2.79 bits per heavy atom. The molecule has 19 heavy (non-hydrogen) atoms. The third-order valence-electron chi connectivity index (χ3n) is 3.53. The standard InChI is InChI=1S/C14H17N3O2/c1-16(10-14(18)19)13-6-7-17(9-13)12-4-2-11(8-15)3-5-12/h2-5,13H,6-7,9-10H2,1H3,(H,18,19). The van der Waals surface area contributed by atoms with Gasteiger partial charge in [-0.1, -0.05) is 0 Å². The van der Waals surface area contributed by atoms with Crippen LogP contribution in [0.4, 0.5) is 5.69 Å². The molecule has 1 aromatic carbocycles.